The van der Waals surface area contributed by atoms with E-state index in [1.807, 2.05) is 38.1 Å². The van der Waals surface area contributed by atoms with Gasteiger partial charge in [0.2, 0.25) is 21.8 Å². The van der Waals surface area contributed by atoms with Gasteiger partial charge in [0.1, 0.15) is 11.8 Å². The molecule has 0 aliphatic carbocycles. The maximum absolute atomic E-state index is 13.3. The molecule has 2 atom stereocenters. The van der Waals surface area contributed by atoms with Gasteiger partial charge < -0.3 is 15.0 Å². The number of rotatable bonds is 13. The molecule has 0 aliphatic heterocycles. The number of amides is 2. The minimum Gasteiger partial charge on any atom is -0.497 e. The number of nitrogens with one attached hydrogen (secondary N) is 1. The number of halogens is 1. The van der Waals surface area contributed by atoms with Crippen molar-refractivity contribution in [3.8, 4) is 5.75 Å². The Kier molecular flexibility index (Phi) is 11.0. The molecule has 2 aromatic rings. The Morgan fingerprint density at radius 3 is 2.36 bits per heavy atom. The average Bonchev–Trinajstić information content (AvgIpc) is 2.84. The van der Waals surface area contributed by atoms with Gasteiger partial charge in [0, 0.05) is 30.6 Å². The molecule has 198 valence electrons. The number of hydrogen-bond donors (Lipinski definition) is 1. The molecule has 2 amide bonds. The SMILES string of the molecule is CC[C@@H](C)NC(=O)[C@@H](C)N(Cc1cccc(OC)c1)C(=O)CCCN(c1ccc(Cl)cc1)S(C)(=O)=O. The van der Waals surface area contributed by atoms with Crippen LogP contribution in [0.3, 0.4) is 0 Å². The van der Waals surface area contributed by atoms with Gasteiger partial charge in [-0.2, -0.15) is 0 Å². The fourth-order valence-electron chi connectivity index (χ4n) is 3.63. The second-order valence-corrected chi connectivity index (χ2v) is 11.1. The molecular formula is C26H36ClN3O5S. The third-order valence-corrected chi connectivity index (χ3v) is 7.37. The number of benzene rings is 2. The summed E-state index contributed by atoms with van der Waals surface area (Å²) in [7, 11) is -2.00. The first kappa shape index (κ1) is 29.5. The van der Waals surface area contributed by atoms with Gasteiger partial charge in [-0.15, -0.1) is 0 Å². The van der Waals surface area contributed by atoms with E-state index in [4.69, 9.17) is 16.3 Å². The molecule has 0 bridgehead atoms. The monoisotopic (exact) mass is 537 g/mol. The minimum absolute atomic E-state index is 0.0172. The summed E-state index contributed by atoms with van der Waals surface area (Å²) in [5, 5.41) is 3.44. The van der Waals surface area contributed by atoms with E-state index >= 15 is 0 Å². The van der Waals surface area contributed by atoms with Crippen molar-refractivity contribution < 1.29 is 22.7 Å². The Morgan fingerprint density at radius 1 is 1.11 bits per heavy atom. The van der Waals surface area contributed by atoms with Crippen LogP contribution in [-0.4, -0.2) is 57.1 Å². The van der Waals surface area contributed by atoms with Crippen LogP contribution in [0.5, 0.6) is 5.75 Å². The zero-order valence-electron chi connectivity index (χ0n) is 21.5. The lowest BCUT2D eigenvalue weighted by molar-refractivity contribution is -0.140. The first-order valence-corrected chi connectivity index (χ1v) is 14.1. The second-order valence-electron chi connectivity index (χ2n) is 8.78. The van der Waals surface area contributed by atoms with Gasteiger partial charge >= 0.3 is 0 Å². The van der Waals surface area contributed by atoms with Gasteiger partial charge in [-0.05, 0) is 68.7 Å². The molecule has 0 spiro atoms. The van der Waals surface area contributed by atoms with E-state index in [9.17, 15) is 18.0 Å². The third-order valence-electron chi connectivity index (χ3n) is 5.92. The highest BCUT2D eigenvalue weighted by atomic mass is 35.5. The Bertz CT molecular complexity index is 1120. The number of sulfonamides is 1. The third kappa shape index (κ3) is 8.71. The fourth-order valence-corrected chi connectivity index (χ4v) is 4.72. The molecule has 0 heterocycles. The summed E-state index contributed by atoms with van der Waals surface area (Å²) in [6, 6.07) is 13.1. The van der Waals surface area contributed by atoms with Crippen LogP contribution < -0.4 is 14.4 Å². The topological polar surface area (TPSA) is 96.0 Å². The van der Waals surface area contributed by atoms with E-state index in [0.29, 0.717) is 16.5 Å². The Balaban J connectivity index is 2.18. The lowest BCUT2D eigenvalue weighted by Crippen LogP contribution is -2.49. The number of nitrogens with zero attached hydrogens (tertiary/aromatic N) is 2. The molecule has 0 saturated carbocycles. The van der Waals surface area contributed by atoms with Gasteiger partial charge in [0.15, 0.2) is 0 Å². The van der Waals surface area contributed by atoms with E-state index in [0.717, 1.165) is 18.2 Å². The maximum Gasteiger partial charge on any atom is 0.242 e. The van der Waals surface area contributed by atoms with E-state index in [1.165, 1.54) is 9.21 Å². The molecule has 10 heteroatoms. The molecule has 0 unspecified atom stereocenters. The Morgan fingerprint density at radius 2 is 1.78 bits per heavy atom. The van der Waals surface area contributed by atoms with E-state index < -0.39 is 16.1 Å². The second kappa shape index (κ2) is 13.5. The summed E-state index contributed by atoms with van der Waals surface area (Å²) in [5.41, 5.74) is 1.30. The summed E-state index contributed by atoms with van der Waals surface area (Å²) in [6.45, 7) is 5.93. The predicted molar refractivity (Wildman–Crippen MR) is 144 cm³/mol. The van der Waals surface area contributed by atoms with Crippen molar-refractivity contribution in [2.45, 2.75) is 58.7 Å². The lowest BCUT2D eigenvalue weighted by Gasteiger charge is -2.30. The highest BCUT2D eigenvalue weighted by Crippen LogP contribution is 2.22. The van der Waals surface area contributed by atoms with Gasteiger partial charge in [-0.1, -0.05) is 30.7 Å². The van der Waals surface area contributed by atoms with Crippen molar-refractivity contribution >= 4 is 39.1 Å². The summed E-state index contributed by atoms with van der Waals surface area (Å²) in [6.07, 6.45) is 2.25. The molecule has 0 aromatic heterocycles. The van der Waals surface area contributed by atoms with Crippen LogP contribution in [0.2, 0.25) is 5.02 Å². The molecule has 1 N–H and O–H groups in total. The first-order chi connectivity index (χ1) is 17.0. The zero-order chi connectivity index (χ0) is 26.9. The Labute approximate surface area is 219 Å². The van der Waals surface area contributed by atoms with Crippen LogP contribution in [0.1, 0.15) is 45.6 Å². The summed E-state index contributed by atoms with van der Waals surface area (Å²) in [4.78, 5) is 27.7. The minimum atomic E-state index is -3.56. The molecule has 2 rings (SSSR count). The lowest BCUT2D eigenvalue weighted by atomic mass is 10.1. The summed E-state index contributed by atoms with van der Waals surface area (Å²) in [5.74, 6) is 0.178. The number of methoxy groups -OCH3 is 1. The summed E-state index contributed by atoms with van der Waals surface area (Å²) >= 11 is 5.93. The molecule has 0 fully saturated rings. The number of anilines is 1. The molecular weight excluding hydrogens is 502 g/mol. The van der Waals surface area contributed by atoms with Gasteiger partial charge in [-0.3, -0.25) is 13.9 Å². The molecule has 0 aliphatic rings. The number of carbonyl (C=O) groups excluding carboxylic acids is 2. The van der Waals surface area contributed by atoms with Crippen molar-refractivity contribution in [1.29, 1.82) is 0 Å². The van der Waals surface area contributed by atoms with Crippen molar-refractivity contribution in [2.75, 3.05) is 24.2 Å². The fraction of sp³-hybridized carbons (Fsp3) is 0.462. The zero-order valence-corrected chi connectivity index (χ0v) is 23.1. The van der Waals surface area contributed by atoms with Crippen LogP contribution in [-0.2, 0) is 26.2 Å². The molecule has 8 nitrogen and oxygen atoms in total. The van der Waals surface area contributed by atoms with Crippen molar-refractivity contribution in [3.05, 3.63) is 59.1 Å². The number of carbonyl (C=O) groups is 2. The smallest absolute Gasteiger partial charge is 0.242 e. The van der Waals surface area contributed by atoms with Crippen LogP contribution in [0.4, 0.5) is 5.69 Å². The highest BCUT2D eigenvalue weighted by Gasteiger charge is 2.27. The van der Waals surface area contributed by atoms with Crippen LogP contribution in [0.15, 0.2) is 48.5 Å². The largest absolute Gasteiger partial charge is 0.497 e. The van der Waals surface area contributed by atoms with Crippen molar-refractivity contribution in [1.82, 2.24) is 10.2 Å². The van der Waals surface area contributed by atoms with Crippen molar-refractivity contribution in [3.63, 3.8) is 0 Å². The predicted octanol–water partition coefficient (Wildman–Crippen LogP) is 4.23. The van der Waals surface area contributed by atoms with Crippen LogP contribution in [0.25, 0.3) is 0 Å². The molecule has 2 aromatic carbocycles. The van der Waals surface area contributed by atoms with Gasteiger partial charge in [0.05, 0.1) is 19.1 Å². The first-order valence-electron chi connectivity index (χ1n) is 11.9. The number of ether oxygens (including phenoxy) is 1. The number of hydrogen-bond acceptors (Lipinski definition) is 5. The quantitative estimate of drug-likeness (QED) is 0.412. The normalized spacial score (nSPS) is 12.9. The van der Waals surface area contributed by atoms with Crippen LogP contribution >= 0.6 is 11.6 Å². The highest BCUT2D eigenvalue weighted by molar-refractivity contribution is 7.92. The molecule has 0 radical (unpaired) electrons. The standard InChI is InChI=1S/C26H36ClN3O5S/c1-6-19(2)28-26(32)20(3)29(18-21-9-7-10-24(17-21)35-4)25(31)11-8-16-30(36(5,33)34)23-14-12-22(27)13-15-23/h7,9-10,12-15,17,19-20H,6,8,11,16,18H2,1-5H3,(H,28,32)/t19-,20-/m1/s1. The van der Waals surface area contributed by atoms with Crippen LogP contribution in [0, 0.1) is 0 Å². The van der Waals surface area contributed by atoms with E-state index in [1.54, 1.807) is 38.3 Å². The Hall–Kier alpha value is -2.78. The average molecular weight is 538 g/mol. The van der Waals surface area contributed by atoms with E-state index in [-0.39, 0.29) is 43.8 Å². The maximum atomic E-state index is 13.3. The molecule has 36 heavy (non-hydrogen) atoms. The van der Waals surface area contributed by atoms with Crippen molar-refractivity contribution in [2.24, 2.45) is 0 Å². The van der Waals surface area contributed by atoms with Gasteiger partial charge in [0.25, 0.3) is 0 Å². The summed E-state index contributed by atoms with van der Waals surface area (Å²) < 4.78 is 31.3. The molecule has 0 saturated heterocycles. The van der Waals surface area contributed by atoms with E-state index in [2.05, 4.69) is 5.32 Å². The van der Waals surface area contributed by atoms with Gasteiger partial charge in [-0.25, -0.2) is 8.42 Å².